The van der Waals surface area contributed by atoms with Crippen LogP contribution in [0.5, 0.6) is 0 Å². The van der Waals surface area contributed by atoms with Crippen LogP contribution in [0.15, 0.2) is 18.3 Å². The third-order valence-corrected chi connectivity index (χ3v) is 6.12. The zero-order chi connectivity index (χ0) is 18.1. The van der Waals surface area contributed by atoms with Gasteiger partial charge in [0.25, 0.3) is 0 Å². The lowest BCUT2D eigenvalue weighted by atomic mass is 9.87. The van der Waals surface area contributed by atoms with Crippen LogP contribution < -0.4 is 5.32 Å². The van der Waals surface area contributed by atoms with E-state index in [0.717, 1.165) is 56.7 Å². The molecule has 3 aliphatic rings. The van der Waals surface area contributed by atoms with Gasteiger partial charge >= 0.3 is 0 Å². The Morgan fingerprint density at radius 1 is 1.27 bits per heavy atom. The quantitative estimate of drug-likeness (QED) is 0.897. The summed E-state index contributed by atoms with van der Waals surface area (Å²) in [5, 5.41) is 3.23. The summed E-state index contributed by atoms with van der Waals surface area (Å²) in [6, 6.07) is 3.56. The lowest BCUT2D eigenvalue weighted by molar-refractivity contribution is -0.145. The Bertz CT molecular complexity index is 657. The van der Waals surface area contributed by atoms with Crippen molar-refractivity contribution < 1.29 is 14.3 Å². The van der Waals surface area contributed by atoms with E-state index in [9.17, 15) is 9.59 Å². The first kappa shape index (κ1) is 17.6. The zero-order valence-corrected chi connectivity index (χ0v) is 15.5. The summed E-state index contributed by atoms with van der Waals surface area (Å²) in [6.45, 7) is 3.83. The molecule has 26 heavy (non-hydrogen) atoms. The molecule has 1 N–H and O–H groups in total. The number of carbonyl (C=O) groups is 2. The van der Waals surface area contributed by atoms with Crippen molar-refractivity contribution in [3.63, 3.8) is 0 Å². The highest BCUT2D eigenvalue weighted by Gasteiger charge is 2.39. The Kier molecular flexibility index (Phi) is 5.02. The van der Waals surface area contributed by atoms with Gasteiger partial charge in [-0.2, -0.15) is 0 Å². The van der Waals surface area contributed by atoms with Gasteiger partial charge in [0.2, 0.25) is 11.8 Å². The largest absolute Gasteiger partial charge is 0.376 e. The van der Waals surface area contributed by atoms with Crippen molar-refractivity contribution in [2.75, 3.05) is 13.2 Å². The summed E-state index contributed by atoms with van der Waals surface area (Å²) in [5.74, 6) is 0.699. The molecule has 1 saturated carbocycles. The smallest absolute Gasteiger partial charge is 0.249 e. The van der Waals surface area contributed by atoms with Crippen molar-refractivity contribution in [1.82, 2.24) is 14.8 Å². The molecule has 1 aromatic heterocycles. The lowest BCUT2D eigenvalue weighted by Gasteiger charge is -2.38. The molecule has 1 aromatic rings. The molecular weight excluding hydrogens is 330 g/mol. The van der Waals surface area contributed by atoms with Crippen LogP contribution in [0.2, 0.25) is 0 Å². The molecule has 0 radical (unpaired) electrons. The SMILES string of the molecule is CC1CCC(NC(=O)C2c3cccn3CC(=O)N2CC2CCCO2)CC1. The molecule has 2 unspecified atom stereocenters. The minimum Gasteiger partial charge on any atom is -0.376 e. The molecule has 6 nitrogen and oxygen atoms in total. The first-order valence-corrected chi connectivity index (χ1v) is 9.98. The van der Waals surface area contributed by atoms with E-state index >= 15 is 0 Å². The maximum atomic E-state index is 13.2. The van der Waals surface area contributed by atoms with Crippen molar-refractivity contribution in [3.8, 4) is 0 Å². The van der Waals surface area contributed by atoms with E-state index < -0.39 is 6.04 Å². The molecule has 2 amide bonds. The third kappa shape index (κ3) is 3.52. The topological polar surface area (TPSA) is 63.6 Å². The van der Waals surface area contributed by atoms with Crippen LogP contribution in [-0.4, -0.2) is 46.6 Å². The van der Waals surface area contributed by atoms with Gasteiger partial charge in [-0.1, -0.05) is 6.92 Å². The molecule has 2 atom stereocenters. The Balaban J connectivity index is 1.52. The molecule has 3 heterocycles. The Morgan fingerprint density at radius 2 is 2.08 bits per heavy atom. The average molecular weight is 359 g/mol. The number of fused-ring (bicyclic) bond motifs is 1. The summed E-state index contributed by atoms with van der Waals surface area (Å²) >= 11 is 0. The van der Waals surface area contributed by atoms with Crippen molar-refractivity contribution in [3.05, 3.63) is 24.0 Å². The van der Waals surface area contributed by atoms with Crippen LogP contribution in [0.25, 0.3) is 0 Å². The first-order chi connectivity index (χ1) is 12.6. The van der Waals surface area contributed by atoms with Gasteiger partial charge in [-0.3, -0.25) is 9.59 Å². The van der Waals surface area contributed by atoms with E-state index in [-0.39, 0.29) is 24.0 Å². The van der Waals surface area contributed by atoms with Crippen LogP contribution in [-0.2, 0) is 20.9 Å². The van der Waals surface area contributed by atoms with Gasteiger partial charge < -0.3 is 19.5 Å². The monoisotopic (exact) mass is 359 g/mol. The van der Waals surface area contributed by atoms with E-state index in [2.05, 4.69) is 12.2 Å². The molecule has 1 aliphatic carbocycles. The molecule has 6 heteroatoms. The summed E-state index contributed by atoms with van der Waals surface area (Å²) < 4.78 is 7.64. The Morgan fingerprint density at radius 3 is 2.81 bits per heavy atom. The second-order valence-electron chi connectivity index (χ2n) is 8.11. The van der Waals surface area contributed by atoms with Crippen molar-refractivity contribution in [2.45, 2.75) is 70.2 Å². The standard InChI is InChI=1S/C20H29N3O3/c1-14-6-8-15(9-7-14)21-20(25)19-17-5-2-10-22(17)13-18(24)23(19)12-16-4-3-11-26-16/h2,5,10,14-16,19H,3-4,6-9,11-13H2,1H3,(H,21,25). The fraction of sp³-hybridized carbons (Fsp3) is 0.700. The van der Waals surface area contributed by atoms with E-state index in [4.69, 9.17) is 4.74 Å². The van der Waals surface area contributed by atoms with Gasteiger partial charge in [-0.15, -0.1) is 0 Å². The summed E-state index contributed by atoms with van der Waals surface area (Å²) in [4.78, 5) is 27.7. The van der Waals surface area contributed by atoms with Gasteiger partial charge in [0.05, 0.1) is 11.8 Å². The number of hydrogen-bond donors (Lipinski definition) is 1. The van der Waals surface area contributed by atoms with Crippen LogP contribution in [0.1, 0.15) is 57.2 Å². The van der Waals surface area contributed by atoms with Gasteiger partial charge in [-0.05, 0) is 56.6 Å². The minimum absolute atomic E-state index is 0.00150. The third-order valence-electron chi connectivity index (χ3n) is 6.12. The molecule has 2 fully saturated rings. The predicted molar refractivity (Wildman–Crippen MR) is 97.4 cm³/mol. The molecule has 0 bridgehead atoms. The van der Waals surface area contributed by atoms with Crippen molar-refractivity contribution in [2.24, 2.45) is 5.92 Å². The van der Waals surface area contributed by atoms with Crippen molar-refractivity contribution >= 4 is 11.8 Å². The number of hydrogen-bond acceptors (Lipinski definition) is 3. The molecule has 0 aromatic carbocycles. The van der Waals surface area contributed by atoms with Crippen LogP contribution in [0, 0.1) is 5.92 Å². The molecule has 2 aliphatic heterocycles. The van der Waals surface area contributed by atoms with Crippen LogP contribution in [0.4, 0.5) is 0 Å². The molecule has 0 spiro atoms. The van der Waals surface area contributed by atoms with Gasteiger partial charge in [0.15, 0.2) is 6.04 Å². The zero-order valence-electron chi connectivity index (χ0n) is 15.5. The number of amides is 2. The summed E-state index contributed by atoms with van der Waals surface area (Å²) in [6.07, 6.45) is 8.29. The van der Waals surface area contributed by atoms with Crippen LogP contribution in [0.3, 0.4) is 0 Å². The number of nitrogens with zero attached hydrogens (tertiary/aromatic N) is 2. The number of carbonyl (C=O) groups excluding carboxylic acids is 2. The highest BCUT2D eigenvalue weighted by Crippen LogP contribution is 2.30. The van der Waals surface area contributed by atoms with Gasteiger partial charge in [-0.25, -0.2) is 0 Å². The Labute approximate surface area is 154 Å². The number of nitrogens with one attached hydrogen (secondary N) is 1. The van der Waals surface area contributed by atoms with E-state index in [1.54, 1.807) is 4.90 Å². The molecular formula is C20H29N3O3. The highest BCUT2D eigenvalue weighted by molar-refractivity contribution is 5.90. The normalized spacial score (nSPS) is 31.7. The van der Waals surface area contributed by atoms with Crippen LogP contribution >= 0.6 is 0 Å². The minimum atomic E-state index is -0.546. The first-order valence-electron chi connectivity index (χ1n) is 9.98. The van der Waals surface area contributed by atoms with Gasteiger partial charge in [0.1, 0.15) is 6.54 Å². The second kappa shape index (κ2) is 7.43. The predicted octanol–water partition coefficient (Wildman–Crippen LogP) is 2.25. The number of rotatable bonds is 4. The highest BCUT2D eigenvalue weighted by atomic mass is 16.5. The van der Waals surface area contributed by atoms with E-state index in [0.29, 0.717) is 13.1 Å². The summed E-state index contributed by atoms with van der Waals surface area (Å²) in [7, 11) is 0. The molecule has 1 saturated heterocycles. The maximum absolute atomic E-state index is 13.2. The molecule has 142 valence electrons. The van der Waals surface area contributed by atoms with Crippen molar-refractivity contribution in [1.29, 1.82) is 0 Å². The van der Waals surface area contributed by atoms with E-state index in [1.807, 2.05) is 22.9 Å². The fourth-order valence-electron chi connectivity index (χ4n) is 4.54. The van der Waals surface area contributed by atoms with E-state index in [1.165, 1.54) is 0 Å². The lowest BCUT2D eigenvalue weighted by Crippen LogP contribution is -2.52. The van der Waals surface area contributed by atoms with Gasteiger partial charge in [0, 0.05) is 25.4 Å². The fourth-order valence-corrected chi connectivity index (χ4v) is 4.54. The Hall–Kier alpha value is -1.82. The summed E-state index contributed by atoms with van der Waals surface area (Å²) in [5.41, 5.74) is 0.907. The second-order valence-corrected chi connectivity index (χ2v) is 8.11. The molecule has 4 rings (SSSR count). The maximum Gasteiger partial charge on any atom is 0.249 e. The average Bonchev–Trinajstić information content (AvgIpc) is 3.29. The number of ether oxygens (including phenoxy) is 1. The number of aromatic nitrogens is 1.